The number of rotatable bonds is 8. The summed E-state index contributed by atoms with van der Waals surface area (Å²) in [7, 11) is 0. The highest BCUT2D eigenvalue weighted by molar-refractivity contribution is 5.96. The maximum Gasteiger partial charge on any atom is 0.251 e. The highest BCUT2D eigenvalue weighted by atomic mass is 16.3. The van der Waals surface area contributed by atoms with Crippen LogP contribution in [0.25, 0.3) is 0 Å². The van der Waals surface area contributed by atoms with E-state index in [-0.39, 0.29) is 29.7 Å². The topological polar surface area (TPSA) is 90.5 Å². The number of aliphatic hydroxyl groups is 1. The smallest absolute Gasteiger partial charge is 0.251 e. The number of nitrogens with one attached hydrogen (secondary N) is 3. The van der Waals surface area contributed by atoms with Gasteiger partial charge in [0.2, 0.25) is 5.91 Å². The van der Waals surface area contributed by atoms with Gasteiger partial charge in [-0.25, -0.2) is 0 Å². The molecule has 2 unspecified atom stereocenters. The van der Waals surface area contributed by atoms with Gasteiger partial charge in [0.15, 0.2) is 0 Å². The molecule has 1 aliphatic heterocycles. The first-order valence-electron chi connectivity index (χ1n) is 13.9. The van der Waals surface area contributed by atoms with Gasteiger partial charge in [-0.15, -0.1) is 0 Å². The second-order valence-corrected chi connectivity index (χ2v) is 11.8. The minimum Gasteiger partial charge on any atom is -0.391 e. The lowest BCUT2D eigenvalue weighted by molar-refractivity contribution is -0.127. The first kappa shape index (κ1) is 27.3. The maximum atomic E-state index is 13.2. The predicted octanol–water partition coefficient (Wildman–Crippen LogP) is 3.72. The Morgan fingerprint density at radius 1 is 1.00 bits per heavy atom. The average molecular weight is 506 g/mol. The Balaban J connectivity index is 1.54. The van der Waals surface area contributed by atoms with Crippen molar-refractivity contribution in [3.05, 3.63) is 70.3 Å². The quantitative estimate of drug-likeness (QED) is 0.440. The molecule has 1 saturated heterocycles. The molecule has 6 heteroatoms. The number of piperidine rings is 1. The van der Waals surface area contributed by atoms with Gasteiger partial charge in [-0.2, -0.15) is 0 Å². The van der Waals surface area contributed by atoms with E-state index in [0.29, 0.717) is 12.0 Å². The Bertz CT molecular complexity index is 1090. The second-order valence-electron chi connectivity index (χ2n) is 11.8. The highest BCUT2D eigenvalue weighted by Gasteiger charge is 2.28. The molecule has 0 aromatic heterocycles. The lowest BCUT2D eigenvalue weighted by Gasteiger charge is -2.29. The maximum absolute atomic E-state index is 13.2. The van der Waals surface area contributed by atoms with Crippen LogP contribution in [0.3, 0.4) is 0 Å². The molecule has 37 heavy (non-hydrogen) atoms. The highest BCUT2D eigenvalue weighted by Crippen LogP contribution is 2.24. The van der Waals surface area contributed by atoms with Gasteiger partial charge < -0.3 is 21.1 Å². The Morgan fingerprint density at radius 3 is 2.43 bits per heavy atom. The average Bonchev–Trinajstić information content (AvgIpc) is 2.88. The molecule has 4 rings (SSSR count). The largest absolute Gasteiger partial charge is 0.391 e. The van der Waals surface area contributed by atoms with Crippen molar-refractivity contribution in [2.24, 2.45) is 5.92 Å². The van der Waals surface area contributed by atoms with E-state index in [0.717, 1.165) is 49.9 Å². The molecule has 2 aromatic rings. The van der Waals surface area contributed by atoms with E-state index in [4.69, 9.17) is 0 Å². The number of fused-ring (bicyclic) bond motifs is 1. The Hall–Kier alpha value is -2.70. The SMILES string of the molecule is CC(C)(C)NC(=O)c1ccccc1CC(O)C(Cc1ccc2c(c1)CCCC2)NC(=O)C1CCNCC1. The van der Waals surface area contributed by atoms with Gasteiger partial charge in [-0.05, 0) is 107 Å². The van der Waals surface area contributed by atoms with Gasteiger partial charge in [0.05, 0.1) is 12.1 Å². The minimum absolute atomic E-state index is 0.0160. The Morgan fingerprint density at radius 2 is 1.70 bits per heavy atom. The zero-order chi connectivity index (χ0) is 26.4. The van der Waals surface area contributed by atoms with E-state index in [1.165, 1.54) is 24.0 Å². The summed E-state index contributed by atoms with van der Waals surface area (Å²) in [4.78, 5) is 26.2. The van der Waals surface area contributed by atoms with E-state index in [1.54, 1.807) is 6.07 Å². The molecular weight excluding hydrogens is 462 g/mol. The molecule has 2 amide bonds. The summed E-state index contributed by atoms with van der Waals surface area (Å²) >= 11 is 0. The zero-order valence-electron chi connectivity index (χ0n) is 22.6. The van der Waals surface area contributed by atoms with Crippen molar-refractivity contribution in [3.8, 4) is 0 Å². The lowest BCUT2D eigenvalue weighted by Crippen LogP contribution is -2.49. The summed E-state index contributed by atoms with van der Waals surface area (Å²) in [5, 5.41) is 21.0. The van der Waals surface area contributed by atoms with Crippen LogP contribution < -0.4 is 16.0 Å². The molecule has 4 N–H and O–H groups in total. The van der Waals surface area contributed by atoms with Crippen molar-refractivity contribution >= 4 is 11.8 Å². The summed E-state index contributed by atoms with van der Waals surface area (Å²) in [5.41, 5.74) is 4.93. The zero-order valence-corrected chi connectivity index (χ0v) is 22.6. The summed E-state index contributed by atoms with van der Waals surface area (Å²) in [5.74, 6) is -0.174. The monoisotopic (exact) mass is 505 g/mol. The number of hydrogen-bond donors (Lipinski definition) is 4. The van der Waals surface area contributed by atoms with Crippen LogP contribution in [0.1, 0.15) is 79.1 Å². The first-order valence-corrected chi connectivity index (χ1v) is 13.9. The number of carbonyl (C=O) groups excluding carboxylic acids is 2. The number of amides is 2. The third kappa shape index (κ3) is 7.65. The van der Waals surface area contributed by atoms with Gasteiger partial charge in [-0.1, -0.05) is 36.4 Å². The van der Waals surface area contributed by atoms with Gasteiger partial charge in [0, 0.05) is 23.4 Å². The van der Waals surface area contributed by atoms with Crippen LogP contribution in [-0.2, 0) is 30.5 Å². The lowest BCUT2D eigenvalue weighted by atomic mass is 9.87. The molecule has 1 aliphatic carbocycles. The number of benzene rings is 2. The van der Waals surface area contributed by atoms with E-state index < -0.39 is 12.1 Å². The molecule has 1 heterocycles. The summed E-state index contributed by atoms with van der Waals surface area (Å²) in [6, 6.07) is 13.6. The normalized spacial score (nSPS) is 17.9. The first-order chi connectivity index (χ1) is 17.7. The van der Waals surface area contributed by atoms with Gasteiger partial charge >= 0.3 is 0 Å². The van der Waals surface area contributed by atoms with Crippen molar-refractivity contribution in [1.82, 2.24) is 16.0 Å². The minimum atomic E-state index is -0.828. The van der Waals surface area contributed by atoms with E-state index >= 15 is 0 Å². The number of aliphatic hydroxyl groups excluding tert-OH is 1. The molecular formula is C31H43N3O3. The molecule has 2 atom stereocenters. The fourth-order valence-electron chi connectivity index (χ4n) is 5.53. The molecule has 2 aliphatic rings. The molecule has 200 valence electrons. The van der Waals surface area contributed by atoms with Crippen molar-refractivity contribution in [2.75, 3.05) is 13.1 Å². The third-order valence-corrected chi connectivity index (χ3v) is 7.55. The van der Waals surface area contributed by atoms with Crippen LogP contribution in [0, 0.1) is 5.92 Å². The standard InChI is InChI=1S/C31H43N3O3/c1-31(2,3)34-30(37)26-11-7-6-10-25(26)20-28(35)27(33-29(36)23-14-16-32-17-15-23)19-21-12-13-22-8-4-5-9-24(22)18-21/h6-7,10-13,18,23,27-28,32,35H,4-5,8-9,14-17,19-20H2,1-3H3,(H,33,36)(H,34,37). The second kappa shape index (κ2) is 12.2. The van der Waals surface area contributed by atoms with E-state index in [2.05, 4.69) is 34.1 Å². The molecule has 0 bridgehead atoms. The van der Waals surface area contributed by atoms with Crippen LogP contribution >= 0.6 is 0 Å². The number of hydrogen-bond acceptors (Lipinski definition) is 4. The summed E-state index contributed by atoms with van der Waals surface area (Å²) in [6.45, 7) is 7.53. The van der Waals surface area contributed by atoms with Crippen LogP contribution in [0.15, 0.2) is 42.5 Å². The molecule has 6 nitrogen and oxygen atoms in total. The van der Waals surface area contributed by atoms with Crippen molar-refractivity contribution in [2.45, 2.75) is 89.8 Å². The van der Waals surface area contributed by atoms with Crippen LogP contribution in [-0.4, -0.2) is 47.7 Å². The number of aryl methyl sites for hydroxylation is 2. The van der Waals surface area contributed by atoms with E-state index in [9.17, 15) is 14.7 Å². The van der Waals surface area contributed by atoms with Crippen LogP contribution in [0.2, 0.25) is 0 Å². The fourth-order valence-corrected chi connectivity index (χ4v) is 5.53. The molecule has 0 radical (unpaired) electrons. The Kier molecular flexibility index (Phi) is 9.04. The number of carbonyl (C=O) groups is 2. The van der Waals surface area contributed by atoms with Crippen molar-refractivity contribution in [3.63, 3.8) is 0 Å². The molecule has 2 aromatic carbocycles. The van der Waals surface area contributed by atoms with Gasteiger partial charge in [0.1, 0.15) is 0 Å². The molecule has 1 fully saturated rings. The Labute approximate surface area is 221 Å². The van der Waals surface area contributed by atoms with Crippen LogP contribution in [0.5, 0.6) is 0 Å². The molecule has 0 saturated carbocycles. The van der Waals surface area contributed by atoms with E-state index in [1.807, 2.05) is 39.0 Å². The fraction of sp³-hybridized carbons (Fsp3) is 0.548. The molecule has 0 spiro atoms. The van der Waals surface area contributed by atoms with Crippen molar-refractivity contribution in [1.29, 1.82) is 0 Å². The predicted molar refractivity (Wildman–Crippen MR) is 148 cm³/mol. The summed E-state index contributed by atoms with van der Waals surface area (Å²) in [6.07, 6.45) is 6.30. The van der Waals surface area contributed by atoms with Crippen LogP contribution in [0.4, 0.5) is 0 Å². The summed E-state index contributed by atoms with van der Waals surface area (Å²) < 4.78 is 0. The van der Waals surface area contributed by atoms with Crippen molar-refractivity contribution < 1.29 is 14.7 Å². The third-order valence-electron chi connectivity index (χ3n) is 7.55. The van der Waals surface area contributed by atoms with Gasteiger partial charge in [0.25, 0.3) is 5.91 Å². The van der Waals surface area contributed by atoms with Gasteiger partial charge in [-0.3, -0.25) is 9.59 Å².